The molecule has 1 amide bonds. The number of likely N-dealkylation sites (tertiary alicyclic amines) is 1. The molecule has 5 heteroatoms. The van der Waals surface area contributed by atoms with E-state index in [1.54, 1.807) is 18.2 Å². The Morgan fingerprint density at radius 3 is 2.80 bits per heavy atom. The highest BCUT2D eigenvalue weighted by Crippen LogP contribution is 2.21. The van der Waals surface area contributed by atoms with Gasteiger partial charge in [0.1, 0.15) is 0 Å². The van der Waals surface area contributed by atoms with Crippen molar-refractivity contribution in [2.24, 2.45) is 0 Å². The third-order valence-electron chi connectivity index (χ3n) is 2.40. The number of hydrogen-bond donors (Lipinski definition) is 2. The molecule has 0 aliphatic carbocycles. The molecule has 0 spiro atoms. The lowest BCUT2D eigenvalue weighted by Crippen LogP contribution is -2.53. The van der Waals surface area contributed by atoms with Crippen molar-refractivity contribution in [2.75, 3.05) is 18.8 Å². The van der Waals surface area contributed by atoms with Gasteiger partial charge >= 0.3 is 0 Å². The van der Waals surface area contributed by atoms with E-state index in [4.69, 9.17) is 22.4 Å². The number of carbonyl (C=O) groups excluding carboxylic acids is 1. The number of nitrogens with zero attached hydrogens (tertiary/aromatic N) is 1. The summed E-state index contributed by atoms with van der Waals surface area (Å²) in [5.41, 5.74) is 6.48. The van der Waals surface area contributed by atoms with Gasteiger partial charge in [-0.25, -0.2) is 0 Å². The van der Waals surface area contributed by atoms with Crippen molar-refractivity contribution in [1.29, 1.82) is 0 Å². The number of halogens is 1. The van der Waals surface area contributed by atoms with E-state index in [0.29, 0.717) is 29.4 Å². The number of hydrogen-bond acceptors (Lipinski definition) is 3. The molecule has 0 unspecified atom stereocenters. The van der Waals surface area contributed by atoms with Gasteiger partial charge in [-0.1, -0.05) is 11.6 Å². The summed E-state index contributed by atoms with van der Waals surface area (Å²) in [6.45, 7) is 0.732. The molecule has 1 heterocycles. The van der Waals surface area contributed by atoms with Crippen molar-refractivity contribution in [1.82, 2.24) is 4.90 Å². The van der Waals surface area contributed by atoms with Crippen molar-refractivity contribution < 1.29 is 9.90 Å². The van der Waals surface area contributed by atoms with Crippen LogP contribution in [0, 0.1) is 0 Å². The van der Waals surface area contributed by atoms with Gasteiger partial charge in [0.15, 0.2) is 0 Å². The number of amides is 1. The normalized spacial score (nSPS) is 16.3. The van der Waals surface area contributed by atoms with Crippen LogP contribution in [0.4, 0.5) is 5.69 Å². The lowest BCUT2D eigenvalue weighted by atomic mass is 10.1. The van der Waals surface area contributed by atoms with Crippen molar-refractivity contribution in [3.63, 3.8) is 0 Å². The molecule has 3 N–H and O–H groups in total. The van der Waals surface area contributed by atoms with Crippen LogP contribution in [0.5, 0.6) is 0 Å². The Hall–Kier alpha value is -1.26. The maximum absolute atomic E-state index is 11.8. The Bertz CT molecular complexity index is 402. The molecule has 80 valence electrons. The molecule has 1 aliphatic heterocycles. The first-order chi connectivity index (χ1) is 7.08. The monoisotopic (exact) mass is 226 g/mol. The van der Waals surface area contributed by atoms with Gasteiger partial charge in [0.25, 0.3) is 5.91 Å². The van der Waals surface area contributed by atoms with Gasteiger partial charge in [0, 0.05) is 23.8 Å². The third-order valence-corrected chi connectivity index (χ3v) is 2.63. The minimum Gasteiger partial charge on any atom is -0.398 e. The van der Waals surface area contributed by atoms with Gasteiger partial charge < -0.3 is 15.7 Å². The minimum atomic E-state index is -0.408. The summed E-state index contributed by atoms with van der Waals surface area (Å²) >= 11 is 5.78. The smallest absolute Gasteiger partial charge is 0.256 e. The average Bonchev–Trinajstić information content (AvgIpc) is 2.16. The second-order valence-electron chi connectivity index (χ2n) is 3.60. The molecule has 0 saturated carbocycles. The van der Waals surface area contributed by atoms with E-state index in [1.807, 2.05) is 0 Å². The second kappa shape index (κ2) is 3.72. The van der Waals surface area contributed by atoms with Gasteiger partial charge in [0.2, 0.25) is 0 Å². The standard InChI is InChI=1S/C10H11ClN2O2/c11-6-1-2-9(12)8(3-6)10(15)13-4-7(14)5-13/h1-3,7,14H,4-5,12H2. The van der Waals surface area contributed by atoms with E-state index in [0.717, 1.165) is 0 Å². The van der Waals surface area contributed by atoms with Crippen molar-refractivity contribution in [2.45, 2.75) is 6.10 Å². The number of aliphatic hydroxyl groups excluding tert-OH is 1. The van der Waals surface area contributed by atoms with Crippen molar-refractivity contribution in [3.8, 4) is 0 Å². The molecular weight excluding hydrogens is 216 g/mol. The topological polar surface area (TPSA) is 66.6 Å². The summed E-state index contributed by atoms with van der Waals surface area (Å²) in [5.74, 6) is -0.180. The number of anilines is 1. The highest BCUT2D eigenvalue weighted by molar-refractivity contribution is 6.31. The fraction of sp³-hybridized carbons (Fsp3) is 0.300. The average molecular weight is 227 g/mol. The summed E-state index contributed by atoms with van der Waals surface area (Å²) in [6.07, 6.45) is -0.408. The predicted molar refractivity (Wildman–Crippen MR) is 57.8 cm³/mol. The molecule has 4 nitrogen and oxygen atoms in total. The lowest BCUT2D eigenvalue weighted by molar-refractivity contribution is 0.00596. The first-order valence-electron chi connectivity index (χ1n) is 4.60. The largest absolute Gasteiger partial charge is 0.398 e. The molecule has 2 rings (SSSR count). The molecule has 15 heavy (non-hydrogen) atoms. The van der Waals surface area contributed by atoms with E-state index in [1.165, 1.54) is 4.90 Å². The van der Waals surface area contributed by atoms with Gasteiger partial charge in [-0.15, -0.1) is 0 Å². The highest BCUT2D eigenvalue weighted by Gasteiger charge is 2.30. The Kier molecular flexibility index (Phi) is 2.54. The number of benzene rings is 1. The molecular formula is C10H11ClN2O2. The van der Waals surface area contributed by atoms with Crippen LogP contribution in [-0.2, 0) is 0 Å². The van der Waals surface area contributed by atoms with Crippen LogP contribution in [-0.4, -0.2) is 35.1 Å². The summed E-state index contributed by atoms with van der Waals surface area (Å²) in [4.78, 5) is 13.4. The number of rotatable bonds is 1. The van der Waals surface area contributed by atoms with Gasteiger partial charge in [0.05, 0.1) is 11.7 Å². The molecule has 1 aliphatic rings. The van der Waals surface area contributed by atoms with E-state index in [2.05, 4.69) is 0 Å². The van der Waals surface area contributed by atoms with E-state index < -0.39 is 6.10 Å². The molecule has 1 aromatic carbocycles. The Labute approximate surface area is 92.2 Å². The molecule has 0 radical (unpaired) electrons. The quantitative estimate of drug-likeness (QED) is 0.694. The molecule has 1 saturated heterocycles. The highest BCUT2D eigenvalue weighted by atomic mass is 35.5. The number of β-amino-alcohol motifs (C(OH)–C–C–N with tert-alkyl or cyclic N) is 1. The van der Waals surface area contributed by atoms with Crippen LogP contribution >= 0.6 is 11.6 Å². The Morgan fingerprint density at radius 2 is 2.20 bits per heavy atom. The molecule has 1 aromatic rings. The molecule has 0 atom stereocenters. The van der Waals surface area contributed by atoms with Crippen LogP contribution in [0.25, 0.3) is 0 Å². The predicted octanol–water partition coefficient (Wildman–Crippen LogP) is 0.739. The number of nitrogens with two attached hydrogens (primary N) is 1. The van der Waals surface area contributed by atoms with E-state index in [-0.39, 0.29) is 5.91 Å². The van der Waals surface area contributed by atoms with E-state index >= 15 is 0 Å². The van der Waals surface area contributed by atoms with E-state index in [9.17, 15) is 4.79 Å². The lowest BCUT2D eigenvalue weighted by Gasteiger charge is -2.36. The Balaban J connectivity index is 2.22. The minimum absolute atomic E-state index is 0.180. The van der Waals surface area contributed by atoms with Crippen molar-refractivity contribution >= 4 is 23.2 Å². The molecule has 1 fully saturated rings. The van der Waals surface area contributed by atoms with Gasteiger partial charge in [-0.2, -0.15) is 0 Å². The van der Waals surface area contributed by atoms with Crippen LogP contribution in [0.1, 0.15) is 10.4 Å². The second-order valence-corrected chi connectivity index (χ2v) is 4.03. The fourth-order valence-electron chi connectivity index (χ4n) is 1.51. The van der Waals surface area contributed by atoms with Crippen molar-refractivity contribution in [3.05, 3.63) is 28.8 Å². The first-order valence-corrected chi connectivity index (χ1v) is 4.98. The fourth-order valence-corrected chi connectivity index (χ4v) is 1.68. The van der Waals surface area contributed by atoms with Crippen LogP contribution in [0.15, 0.2) is 18.2 Å². The maximum Gasteiger partial charge on any atom is 0.256 e. The Morgan fingerprint density at radius 1 is 1.53 bits per heavy atom. The van der Waals surface area contributed by atoms with Crippen LogP contribution in [0.2, 0.25) is 5.02 Å². The third kappa shape index (κ3) is 1.91. The summed E-state index contributed by atoms with van der Waals surface area (Å²) in [7, 11) is 0. The zero-order chi connectivity index (χ0) is 11.0. The first kappa shape index (κ1) is 10.3. The number of carbonyl (C=O) groups is 1. The number of nitrogen functional groups attached to an aromatic ring is 1. The van der Waals surface area contributed by atoms with Gasteiger partial charge in [-0.05, 0) is 18.2 Å². The molecule has 0 bridgehead atoms. The summed E-state index contributed by atoms with van der Waals surface area (Å²) in [5, 5.41) is 9.57. The molecule has 0 aromatic heterocycles. The SMILES string of the molecule is Nc1ccc(Cl)cc1C(=O)N1CC(O)C1. The zero-order valence-corrected chi connectivity index (χ0v) is 8.74. The summed E-state index contributed by atoms with van der Waals surface area (Å²) < 4.78 is 0. The maximum atomic E-state index is 11.8. The van der Waals surface area contributed by atoms with Crippen LogP contribution < -0.4 is 5.73 Å². The number of aliphatic hydroxyl groups is 1. The summed E-state index contributed by atoms with van der Waals surface area (Å²) in [6, 6.07) is 4.79. The van der Waals surface area contributed by atoms with Crippen LogP contribution in [0.3, 0.4) is 0 Å². The zero-order valence-electron chi connectivity index (χ0n) is 7.98. The van der Waals surface area contributed by atoms with Gasteiger partial charge in [-0.3, -0.25) is 4.79 Å².